The van der Waals surface area contributed by atoms with Crippen molar-refractivity contribution in [2.24, 2.45) is 0 Å². The van der Waals surface area contributed by atoms with Gasteiger partial charge >= 0.3 is 5.97 Å². The molecule has 2 atom stereocenters. The predicted molar refractivity (Wildman–Crippen MR) is 39.7 cm³/mol. The van der Waals surface area contributed by atoms with Crippen LogP contribution in [-0.2, 0) is 9.53 Å². The van der Waals surface area contributed by atoms with Gasteiger partial charge in [-0.15, -0.1) is 0 Å². The molecular weight excluding hydrogens is 144 g/mol. The van der Waals surface area contributed by atoms with Gasteiger partial charge in [0, 0.05) is 13.3 Å². The van der Waals surface area contributed by atoms with Gasteiger partial charge in [-0.2, -0.15) is 0 Å². The lowest BCUT2D eigenvalue weighted by atomic mass is 9.95. The smallest absolute Gasteiger partial charge is 0.302 e. The van der Waals surface area contributed by atoms with Crippen molar-refractivity contribution in [3.63, 3.8) is 0 Å². The maximum Gasteiger partial charge on any atom is 0.302 e. The first-order chi connectivity index (χ1) is 5.18. The first-order valence-corrected chi connectivity index (χ1v) is 3.85. The summed E-state index contributed by atoms with van der Waals surface area (Å²) in [6.07, 6.45) is 3.61. The second-order valence-corrected chi connectivity index (χ2v) is 2.88. The lowest BCUT2D eigenvalue weighted by Crippen LogP contribution is -2.27. The number of aliphatic hydroxyl groups excluding tert-OH is 1. The Labute approximate surface area is 66.4 Å². The van der Waals surface area contributed by atoms with Gasteiger partial charge in [-0.05, 0) is 19.3 Å². The molecule has 3 heteroatoms. The minimum Gasteiger partial charge on any atom is -0.462 e. The van der Waals surface area contributed by atoms with E-state index >= 15 is 0 Å². The largest absolute Gasteiger partial charge is 0.462 e. The van der Waals surface area contributed by atoms with Crippen LogP contribution in [0.3, 0.4) is 0 Å². The normalized spacial score (nSPS) is 31.5. The molecule has 1 saturated carbocycles. The summed E-state index contributed by atoms with van der Waals surface area (Å²) in [6.45, 7) is 1.39. The Hall–Kier alpha value is -0.570. The molecule has 0 saturated heterocycles. The summed E-state index contributed by atoms with van der Waals surface area (Å²) in [4.78, 5) is 10.5. The Morgan fingerprint density at radius 3 is 2.91 bits per heavy atom. The van der Waals surface area contributed by atoms with Crippen molar-refractivity contribution in [3.8, 4) is 0 Å². The summed E-state index contributed by atoms with van der Waals surface area (Å²) in [5.74, 6) is -0.266. The van der Waals surface area contributed by atoms with Gasteiger partial charge in [0.2, 0.25) is 0 Å². The number of carbonyl (C=O) groups is 1. The van der Waals surface area contributed by atoms with Gasteiger partial charge < -0.3 is 9.84 Å². The van der Waals surface area contributed by atoms with Crippen molar-refractivity contribution in [3.05, 3.63) is 6.42 Å². The molecule has 0 amide bonds. The van der Waals surface area contributed by atoms with Crippen molar-refractivity contribution >= 4 is 5.97 Å². The van der Waals surface area contributed by atoms with Crippen molar-refractivity contribution in [2.75, 3.05) is 0 Å². The highest BCUT2D eigenvalue weighted by Gasteiger charge is 2.21. The van der Waals surface area contributed by atoms with Gasteiger partial charge in [-0.25, -0.2) is 0 Å². The monoisotopic (exact) mass is 157 g/mol. The molecule has 1 aliphatic rings. The van der Waals surface area contributed by atoms with E-state index < -0.39 is 0 Å². The maximum atomic E-state index is 10.5. The van der Waals surface area contributed by atoms with Crippen LogP contribution in [0.15, 0.2) is 0 Å². The molecule has 0 aromatic carbocycles. The van der Waals surface area contributed by atoms with Gasteiger partial charge in [0.15, 0.2) is 0 Å². The summed E-state index contributed by atoms with van der Waals surface area (Å²) >= 11 is 0. The van der Waals surface area contributed by atoms with Gasteiger partial charge in [0.25, 0.3) is 0 Å². The number of carbonyl (C=O) groups excluding carboxylic acids is 1. The highest BCUT2D eigenvalue weighted by atomic mass is 16.5. The first kappa shape index (κ1) is 8.53. The fourth-order valence-corrected chi connectivity index (χ4v) is 1.30. The molecule has 0 heterocycles. The summed E-state index contributed by atoms with van der Waals surface area (Å²) in [7, 11) is 0. The van der Waals surface area contributed by atoms with Crippen molar-refractivity contribution < 1.29 is 14.6 Å². The Bertz CT molecular complexity index is 144. The molecule has 0 unspecified atom stereocenters. The molecule has 1 radical (unpaired) electrons. The van der Waals surface area contributed by atoms with Crippen LogP contribution >= 0.6 is 0 Å². The molecule has 0 aromatic heterocycles. The lowest BCUT2D eigenvalue weighted by molar-refractivity contribution is -0.148. The molecule has 11 heavy (non-hydrogen) atoms. The predicted octanol–water partition coefficient (Wildman–Crippen LogP) is 0.667. The van der Waals surface area contributed by atoms with E-state index in [9.17, 15) is 4.79 Å². The summed E-state index contributed by atoms with van der Waals surface area (Å²) in [5, 5.41) is 9.17. The fraction of sp³-hybridized carbons (Fsp3) is 0.750. The Balaban J connectivity index is 2.28. The van der Waals surface area contributed by atoms with E-state index in [4.69, 9.17) is 9.84 Å². The van der Waals surface area contributed by atoms with E-state index in [1.54, 1.807) is 0 Å². The quantitative estimate of drug-likeness (QED) is 0.569. The van der Waals surface area contributed by atoms with E-state index in [1.165, 1.54) is 6.92 Å². The molecule has 63 valence electrons. The Kier molecular flexibility index (Phi) is 2.88. The fourth-order valence-electron chi connectivity index (χ4n) is 1.30. The van der Waals surface area contributed by atoms with Gasteiger partial charge in [0.1, 0.15) is 6.10 Å². The number of rotatable bonds is 1. The number of hydrogen-bond donors (Lipinski definition) is 1. The molecule has 3 nitrogen and oxygen atoms in total. The van der Waals surface area contributed by atoms with Crippen LogP contribution in [0, 0.1) is 6.42 Å². The van der Waals surface area contributed by atoms with Gasteiger partial charge in [-0.1, -0.05) is 0 Å². The number of aliphatic hydroxyl groups is 1. The van der Waals surface area contributed by atoms with Crippen LogP contribution in [0.2, 0.25) is 0 Å². The zero-order valence-electron chi connectivity index (χ0n) is 6.62. The molecule has 1 rings (SSSR count). The van der Waals surface area contributed by atoms with Crippen molar-refractivity contribution in [1.82, 2.24) is 0 Å². The third-order valence-corrected chi connectivity index (χ3v) is 1.74. The molecule has 0 aromatic rings. The molecule has 1 N–H and O–H groups in total. The molecular formula is C8H13O3. The van der Waals surface area contributed by atoms with E-state index in [2.05, 4.69) is 0 Å². The van der Waals surface area contributed by atoms with E-state index in [0.29, 0.717) is 6.42 Å². The maximum absolute atomic E-state index is 10.5. The van der Waals surface area contributed by atoms with E-state index in [-0.39, 0.29) is 18.2 Å². The molecule has 1 fully saturated rings. The van der Waals surface area contributed by atoms with E-state index in [0.717, 1.165) is 12.8 Å². The van der Waals surface area contributed by atoms with Crippen molar-refractivity contribution in [1.29, 1.82) is 0 Å². The molecule has 1 aliphatic carbocycles. The Morgan fingerprint density at radius 1 is 1.64 bits per heavy atom. The third-order valence-electron chi connectivity index (χ3n) is 1.74. The highest BCUT2D eigenvalue weighted by Crippen LogP contribution is 2.19. The van der Waals surface area contributed by atoms with E-state index in [1.807, 2.05) is 6.42 Å². The minimum absolute atomic E-state index is 0.101. The second kappa shape index (κ2) is 3.72. The lowest BCUT2D eigenvalue weighted by Gasteiger charge is -2.24. The van der Waals surface area contributed by atoms with Crippen LogP contribution in [0.1, 0.15) is 26.2 Å². The standard InChI is InChI=1S/C8H13O3/c1-6(9)11-8-4-2-3-7(10)5-8/h2,7-8,10H,3-5H2,1H3/t7-,8+/m0/s1. The van der Waals surface area contributed by atoms with Crippen LogP contribution in [0.25, 0.3) is 0 Å². The minimum atomic E-state index is -0.326. The number of esters is 1. The average Bonchev–Trinajstić information content (AvgIpc) is 1.85. The first-order valence-electron chi connectivity index (χ1n) is 3.85. The second-order valence-electron chi connectivity index (χ2n) is 2.88. The summed E-state index contributed by atoms with van der Waals surface area (Å²) in [6, 6.07) is 0. The van der Waals surface area contributed by atoms with Crippen LogP contribution in [0.4, 0.5) is 0 Å². The number of hydrogen-bond acceptors (Lipinski definition) is 3. The number of ether oxygens (including phenoxy) is 1. The molecule has 0 spiro atoms. The van der Waals surface area contributed by atoms with Crippen LogP contribution in [0.5, 0.6) is 0 Å². The van der Waals surface area contributed by atoms with Crippen LogP contribution in [-0.4, -0.2) is 23.3 Å². The summed E-state index contributed by atoms with van der Waals surface area (Å²) < 4.78 is 4.93. The molecule has 0 bridgehead atoms. The highest BCUT2D eigenvalue weighted by molar-refractivity contribution is 5.66. The van der Waals surface area contributed by atoms with Crippen LogP contribution < -0.4 is 0 Å². The van der Waals surface area contributed by atoms with Gasteiger partial charge in [-0.3, -0.25) is 4.79 Å². The van der Waals surface area contributed by atoms with Crippen molar-refractivity contribution in [2.45, 2.75) is 38.4 Å². The SMILES string of the molecule is CC(=O)O[C@@H]1C[CH]C[C@H](O)C1. The van der Waals surface area contributed by atoms with Gasteiger partial charge in [0.05, 0.1) is 6.10 Å². The molecule has 0 aliphatic heterocycles. The third kappa shape index (κ3) is 2.89. The zero-order valence-corrected chi connectivity index (χ0v) is 6.62. The zero-order chi connectivity index (χ0) is 8.27. The topological polar surface area (TPSA) is 46.5 Å². The average molecular weight is 157 g/mol. The Morgan fingerprint density at radius 2 is 2.36 bits per heavy atom. The summed E-state index contributed by atoms with van der Waals surface area (Å²) in [5.41, 5.74) is 0.